The van der Waals surface area contributed by atoms with Crippen LogP contribution in [0.25, 0.3) is 0 Å². The van der Waals surface area contributed by atoms with E-state index in [-0.39, 0.29) is 5.97 Å². The van der Waals surface area contributed by atoms with E-state index in [4.69, 9.17) is 4.74 Å². The molecule has 2 heteroatoms. The number of ether oxygens (including phenoxy) is 1. The fourth-order valence-corrected chi connectivity index (χ4v) is 1.57. The lowest BCUT2D eigenvalue weighted by molar-refractivity contribution is -0.129. The number of para-hydroxylation sites is 1. The molecule has 0 aliphatic heterocycles. The summed E-state index contributed by atoms with van der Waals surface area (Å²) in [5.41, 5.74) is 2.63. The number of rotatable bonds is 4. The van der Waals surface area contributed by atoms with Crippen molar-refractivity contribution in [3.8, 4) is 5.75 Å². The first-order valence-electron chi connectivity index (χ1n) is 6.20. The Hall–Kier alpha value is -1.83. The minimum Gasteiger partial charge on any atom is -0.423 e. The highest BCUT2D eigenvalue weighted by Crippen LogP contribution is 2.19. The molecule has 0 saturated heterocycles. The van der Waals surface area contributed by atoms with E-state index >= 15 is 0 Å². The van der Waals surface area contributed by atoms with Gasteiger partial charge in [-0.15, -0.1) is 0 Å². The minimum absolute atomic E-state index is 0.290. The summed E-state index contributed by atoms with van der Waals surface area (Å²) in [4.78, 5) is 12.1. The lowest BCUT2D eigenvalue weighted by Gasteiger charge is -2.09. The first-order valence-corrected chi connectivity index (χ1v) is 6.20. The van der Waals surface area contributed by atoms with Gasteiger partial charge in [0.2, 0.25) is 0 Å². The normalized spacial score (nSPS) is 12.4. The van der Waals surface area contributed by atoms with Crippen LogP contribution in [-0.2, 0) is 4.79 Å². The molecule has 0 aliphatic carbocycles. The summed E-state index contributed by atoms with van der Waals surface area (Å²) in [7, 11) is 0. The van der Waals surface area contributed by atoms with Crippen molar-refractivity contribution in [2.45, 2.75) is 34.1 Å². The summed E-state index contributed by atoms with van der Waals surface area (Å²) in [5.74, 6) is 0.329. The first kappa shape index (κ1) is 14.2. The monoisotopic (exact) mass is 244 g/mol. The fourth-order valence-electron chi connectivity index (χ4n) is 1.57. The van der Waals surface area contributed by atoms with Gasteiger partial charge in [0.25, 0.3) is 0 Å². The van der Waals surface area contributed by atoms with Gasteiger partial charge in [0.05, 0.1) is 5.57 Å². The van der Waals surface area contributed by atoms with Gasteiger partial charge in [-0.25, -0.2) is 4.79 Å². The van der Waals surface area contributed by atoms with Crippen molar-refractivity contribution >= 4 is 5.97 Å². The molecule has 1 aromatic rings. The standard InChI is InChI=1S/C16H20O2/c1-5-9-14(12(3)6-2)16(17)18-15-11-8-7-10-13(15)4/h5,7-11H,6H2,1-4H3/b9-5-,14-12+. The Balaban J connectivity index is 2.97. The second-order valence-electron chi connectivity index (χ2n) is 4.20. The number of esters is 1. The second kappa shape index (κ2) is 6.80. The van der Waals surface area contributed by atoms with Crippen LogP contribution in [0.2, 0.25) is 0 Å². The van der Waals surface area contributed by atoms with Gasteiger partial charge in [0.15, 0.2) is 0 Å². The molecule has 0 heterocycles. The van der Waals surface area contributed by atoms with Crippen LogP contribution in [0.3, 0.4) is 0 Å². The molecule has 2 nitrogen and oxygen atoms in total. The topological polar surface area (TPSA) is 26.3 Å². The zero-order valence-corrected chi connectivity index (χ0v) is 11.5. The van der Waals surface area contributed by atoms with Crippen LogP contribution in [0, 0.1) is 6.92 Å². The van der Waals surface area contributed by atoms with E-state index in [1.807, 2.05) is 58.0 Å². The molecule has 0 N–H and O–H groups in total. The molecule has 1 aromatic carbocycles. The number of hydrogen-bond donors (Lipinski definition) is 0. The van der Waals surface area contributed by atoms with Crippen molar-refractivity contribution in [2.75, 3.05) is 0 Å². The molecule has 0 fully saturated rings. The predicted octanol–water partition coefficient (Wildman–Crippen LogP) is 4.20. The second-order valence-corrected chi connectivity index (χ2v) is 4.20. The van der Waals surface area contributed by atoms with Gasteiger partial charge >= 0.3 is 5.97 Å². The van der Waals surface area contributed by atoms with Crippen LogP contribution < -0.4 is 4.74 Å². The Morgan fingerprint density at radius 1 is 1.33 bits per heavy atom. The Labute approximate surface area is 109 Å². The number of allylic oxidation sites excluding steroid dienone is 2. The number of benzene rings is 1. The van der Waals surface area contributed by atoms with Crippen LogP contribution in [0.4, 0.5) is 0 Å². The van der Waals surface area contributed by atoms with E-state index in [0.29, 0.717) is 11.3 Å². The van der Waals surface area contributed by atoms with Crippen molar-refractivity contribution in [2.24, 2.45) is 0 Å². The average molecular weight is 244 g/mol. The van der Waals surface area contributed by atoms with Crippen LogP contribution in [0.15, 0.2) is 47.6 Å². The summed E-state index contributed by atoms with van der Waals surface area (Å²) in [6.45, 7) is 7.80. The first-order chi connectivity index (χ1) is 8.60. The van der Waals surface area contributed by atoms with Crippen molar-refractivity contribution in [3.05, 3.63) is 53.1 Å². The average Bonchev–Trinajstić information content (AvgIpc) is 2.37. The summed E-state index contributed by atoms with van der Waals surface area (Å²) >= 11 is 0. The summed E-state index contributed by atoms with van der Waals surface area (Å²) < 4.78 is 5.43. The molecule has 18 heavy (non-hydrogen) atoms. The Kier molecular flexibility index (Phi) is 5.37. The molecular weight excluding hydrogens is 224 g/mol. The molecule has 0 aliphatic rings. The highest BCUT2D eigenvalue weighted by atomic mass is 16.5. The molecule has 0 radical (unpaired) electrons. The van der Waals surface area contributed by atoms with Crippen LogP contribution in [-0.4, -0.2) is 5.97 Å². The largest absolute Gasteiger partial charge is 0.423 e. The van der Waals surface area contributed by atoms with Gasteiger partial charge in [0, 0.05) is 0 Å². The molecule has 0 bridgehead atoms. The van der Waals surface area contributed by atoms with Crippen molar-refractivity contribution in [1.82, 2.24) is 0 Å². The van der Waals surface area contributed by atoms with Crippen LogP contribution >= 0.6 is 0 Å². The van der Waals surface area contributed by atoms with Gasteiger partial charge in [-0.2, -0.15) is 0 Å². The lowest BCUT2D eigenvalue weighted by atomic mass is 10.1. The van der Waals surface area contributed by atoms with Gasteiger partial charge in [-0.1, -0.05) is 42.8 Å². The number of hydrogen-bond acceptors (Lipinski definition) is 2. The molecule has 96 valence electrons. The molecule has 0 atom stereocenters. The van der Waals surface area contributed by atoms with Crippen molar-refractivity contribution in [3.63, 3.8) is 0 Å². The highest BCUT2D eigenvalue weighted by molar-refractivity contribution is 5.94. The molecule has 0 saturated carbocycles. The van der Waals surface area contributed by atoms with Gasteiger partial charge in [-0.3, -0.25) is 0 Å². The minimum atomic E-state index is -0.290. The fraction of sp³-hybridized carbons (Fsp3) is 0.312. The smallest absolute Gasteiger partial charge is 0.343 e. The summed E-state index contributed by atoms with van der Waals surface area (Å²) in [6.07, 6.45) is 4.50. The third-order valence-corrected chi connectivity index (χ3v) is 2.84. The van der Waals surface area contributed by atoms with Crippen molar-refractivity contribution in [1.29, 1.82) is 0 Å². The highest BCUT2D eigenvalue weighted by Gasteiger charge is 2.12. The van der Waals surface area contributed by atoms with E-state index in [2.05, 4.69) is 0 Å². The van der Waals surface area contributed by atoms with Crippen LogP contribution in [0.5, 0.6) is 5.75 Å². The Morgan fingerprint density at radius 2 is 2.00 bits per heavy atom. The summed E-state index contributed by atoms with van der Waals surface area (Å²) in [6, 6.07) is 7.52. The van der Waals surface area contributed by atoms with Gasteiger partial charge in [0.1, 0.15) is 5.75 Å². The lowest BCUT2D eigenvalue weighted by Crippen LogP contribution is -2.12. The molecule has 0 spiro atoms. The Morgan fingerprint density at radius 3 is 2.56 bits per heavy atom. The van der Waals surface area contributed by atoms with E-state index in [9.17, 15) is 4.79 Å². The zero-order chi connectivity index (χ0) is 13.5. The van der Waals surface area contributed by atoms with Gasteiger partial charge < -0.3 is 4.74 Å². The third kappa shape index (κ3) is 3.59. The molecule has 0 aromatic heterocycles. The quantitative estimate of drug-likeness (QED) is 0.343. The Bertz CT molecular complexity index is 482. The maximum absolute atomic E-state index is 12.1. The van der Waals surface area contributed by atoms with E-state index in [1.54, 1.807) is 6.08 Å². The van der Waals surface area contributed by atoms with E-state index in [1.165, 1.54) is 0 Å². The SMILES string of the molecule is C/C=C\C(C(=O)Oc1ccccc1C)=C(\C)CC. The molecule has 1 rings (SSSR count). The maximum atomic E-state index is 12.1. The van der Waals surface area contributed by atoms with Crippen molar-refractivity contribution < 1.29 is 9.53 Å². The van der Waals surface area contributed by atoms with Crippen LogP contribution in [0.1, 0.15) is 32.8 Å². The molecule has 0 unspecified atom stereocenters. The van der Waals surface area contributed by atoms with E-state index in [0.717, 1.165) is 17.6 Å². The number of carbonyl (C=O) groups is 1. The summed E-state index contributed by atoms with van der Waals surface area (Å²) in [5, 5.41) is 0. The molecule has 0 amide bonds. The predicted molar refractivity (Wildman–Crippen MR) is 74.6 cm³/mol. The number of aryl methyl sites for hydroxylation is 1. The third-order valence-electron chi connectivity index (χ3n) is 2.84. The zero-order valence-electron chi connectivity index (χ0n) is 11.5. The van der Waals surface area contributed by atoms with Gasteiger partial charge in [-0.05, 0) is 38.8 Å². The molecular formula is C16H20O2. The van der Waals surface area contributed by atoms with E-state index < -0.39 is 0 Å². The maximum Gasteiger partial charge on any atom is 0.343 e. The number of carbonyl (C=O) groups excluding carboxylic acids is 1.